The Balaban J connectivity index is 2.31. The van der Waals surface area contributed by atoms with Crippen molar-refractivity contribution in [2.24, 2.45) is 5.73 Å². The predicted molar refractivity (Wildman–Crippen MR) is 74.1 cm³/mol. The van der Waals surface area contributed by atoms with Crippen molar-refractivity contribution in [3.05, 3.63) is 52.2 Å². The van der Waals surface area contributed by atoms with Gasteiger partial charge in [-0.05, 0) is 17.5 Å². The lowest BCUT2D eigenvalue weighted by atomic mass is 9.94. The summed E-state index contributed by atoms with van der Waals surface area (Å²) >= 11 is 1.61. The molecule has 3 nitrogen and oxygen atoms in total. The van der Waals surface area contributed by atoms with Gasteiger partial charge < -0.3 is 15.6 Å². The Morgan fingerprint density at radius 3 is 2.67 bits per heavy atom. The zero-order chi connectivity index (χ0) is 13.0. The number of rotatable bonds is 5. The molecule has 0 aliphatic rings. The summed E-state index contributed by atoms with van der Waals surface area (Å²) in [5.41, 5.74) is 6.58. The topological polar surface area (TPSA) is 55.5 Å². The molecule has 2 atom stereocenters. The third-order valence-corrected chi connectivity index (χ3v) is 4.01. The molecule has 18 heavy (non-hydrogen) atoms. The molecule has 0 fully saturated rings. The first-order chi connectivity index (χ1) is 8.77. The van der Waals surface area contributed by atoms with Crippen LogP contribution in [-0.4, -0.2) is 18.8 Å². The van der Waals surface area contributed by atoms with Crippen molar-refractivity contribution in [2.75, 3.05) is 13.7 Å². The summed E-state index contributed by atoms with van der Waals surface area (Å²) in [6, 6.07) is 11.5. The Kier molecular flexibility index (Phi) is 4.36. The Bertz CT molecular complexity index is 484. The van der Waals surface area contributed by atoms with E-state index in [0.717, 1.165) is 10.4 Å². The highest BCUT2D eigenvalue weighted by Crippen LogP contribution is 2.36. The third-order valence-electron chi connectivity index (χ3n) is 3.00. The van der Waals surface area contributed by atoms with Crippen molar-refractivity contribution in [3.63, 3.8) is 0 Å². The Morgan fingerprint density at radius 2 is 2.06 bits per heavy atom. The van der Waals surface area contributed by atoms with E-state index >= 15 is 0 Å². The van der Waals surface area contributed by atoms with Crippen LogP contribution in [0.2, 0.25) is 0 Å². The van der Waals surface area contributed by atoms with E-state index in [4.69, 9.17) is 10.5 Å². The largest absolute Gasteiger partial charge is 0.496 e. The van der Waals surface area contributed by atoms with Crippen LogP contribution in [0, 0.1) is 0 Å². The highest BCUT2D eigenvalue weighted by molar-refractivity contribution is 7.10. The molecule has 0 saturated heterocycles. The van der Waals surface area contributed by atoms with Crippen molar-refractivity contribution in [3.8, 4) is 5.75 Å². The zero-order valence-electron chi connectivity index (χ0n) is 10.2. The van der Waals surface area contributed by atoms with Crippen LogP contribution in [0.4, 0.5) is 0 Å². The van der Waals surface area contributed by atoms with E-state index in [1.807, 2.05) is 41.8 Å². The van der Waals surface area contributed by atoms with Gasteiger partial charge in [-0.2, -0.15) is 0 Å². The second kappa shape index (κ2) is 6.00. The fourth-order valence-corrected chi connectivity index (χ4v) is 2.90. The highest BCUT2D eigenvalue weighted by atomic mass is 32.1. The predicted octanol–water partition coefficient (Wildman–Crippen LogP) is 2.53. The van der Waals surface area contributed by atoms with Crippen molar-refractivity contribution in [1.29, 1.82) is 0 Å². The molecule has 0 aliphatic carbocycles. The molecule has 0 aliphatic heterocycles. The van der Waals surface area contributed by atoms with E-state index in [1.54, 1.807) is 18.4 Å². The molecule has 2 aromatic rings. The molecule has 0 radical (unpaired) electrons. The number of hydrogen-bond donors (Lipinski definition) is 2. The molecule has 96 valence electrons. The molecule has 0 saturated carbocycles. The minimum Gasteiger partial charge on any atom is -0.496 e. The minimum absolute atomic E-state index is 0.0960. The summed E-state index contributed by atoms with van der Waals surface area (Å²) in [6.07, 6.45) is -0.648. The van der Waals surface area contributed by atoms with Crippen LogP contribution in [0.3, 0.4) is 0 Å². The van der Waals surface area contributed by atoms with Crippen molar-refractivity contribution in [2.45, 2.75) is 12.0 Å². The first-order valence-electron chi connectivity index (χ1n) is 5.82. The maximum atomic E-state index is 10.5. The SMILES string of the molecule is COc1ccccc1C(O)C(CN)c1cccs1. The maximum absolute atomic E-state index is 10.5. The van der Waals surface area contributed by atoms with Crippen LogP contribution in [0.25, 0.3) is 0 Å². The number of ether oxygens (including phenoxy) is 1. The number of aliphatic hydroxyl groups excluding tert-OH is 1. The van der Waals surface area contributed by atoms with Crippen LogP contribution in [0.1, 0.15) is 22.5 Å². The van der Waals surface area contributed by atoms with Crippen LogP contribution >= 0.6 is 11.3 Å². The van der Waals surface area contributed by atoms with Gasteiger partial charge >= 0.3 is 0 Å². The van der Waals surface area contributed by atoms with Gasteiger partial charge in [0.05, 0.1) is 13.2 Å². The first-order valence-corrected chi connectivity index (χ1v) is 6.70. The van der Waals surface area contributed by atoms with Crippen LogP contribution in [0.5, 0.6) is 5.75 Å². The average Bonchev–Trinajstić information content (AvgIpc) is 2.93. The summed E-state index contributed by atoms with van der Waals surface area (Å²) < 4.78 is 5.28. The average molecular weight is 263 g/mol. The Hall–Kier alpha value is -1.36. The van der Waals surface area contributed by atoms with Crippen LogP contribution < -0.4 is 10.5 Å². The second-order valence-corrected chi connectivity index (χ2v) is 5.02. The molecule has 4 heteroatoms. The van der Waals surface area contributed by atoms with Gasteiger partial charge in [-0.15, -0.1) is 11.3 Å². The molecule has 2 unspecified atom stereocenters. The fourth-order valence-electron chi connectivity index (χ4n) is 2.03. The lowest BCUT2D eigenvalue weighted by Crippen LogP contribution is -2.19. The van der Waals surface area contributed by atoms with Crippen molar-refractivity contribution < 1.29 is 9.84 Å². The van der Waals surface area contributed by atoms with E-state index in [1.165, 1.54) is 0 Å². The number of nitrogens with two attached hydrogens (primary N) is 1. The second-order valence-electron chi connectivity index (χ2n) is 4.04. The van der Waals surface area contributed by atoms with Crippen molar-refractivity contribution >= 4 is 11.3 Å². The molecule has 0 bridgehead atoms. The van der Waals surface area contributed by atoms with E-state index in [-0.39, 0.29) is 5.92 Å². The van der Waals surface area contributed by atoms with Crippen LogP contribution in [0.15, 0.2) is 41.8 Å². The van der Waals surface area contributed by atoms with Gasteiger partial charge in [0.15, 0.2) is 0 Å². The molecular weight excluding hydrogens is 246 g/mol. The highest BCUT2D eigenvalue weighted by Gasteiger charge is 2.24. The molecule has 2 rings (SSSR count). The lowest BCUT2D eigenvalue weighted by Gasteiger charge is -2.22. The van der Waals surface area contributed by atoms with Gasteiger partial charge in [0.1, 0.15) is 5.75 Å². The first kappa shape index (κ1) is 13.1. The standard InChI is InChI=1S/C14H17NO2S/c1-17-12-6-3-2-5-10(12)14(16)11(9-15)13-7-4-8-18-13/h2-8,11,14,16H,9,15H2,1H3. The molecule has 1 aromatic carbocycles. The normalized spacial score (nSPS) is 14.2. The molecule has 1 aromatic heterocycles. The number of aliphatic hydroxyl groups is 1. The fraction of sp³-hybridized carbons (Fsp3) is 0.286. The Labute approximate surface area is 111 Å². The summed E-state index contributed by atoms with van der Waals surface area (Å²) in [5, 5.41) is 12.5. The summed E-state index contributed by atoms with van der Waals surface area (Å²) in [5.74, 6) is 0.598. The van der Waals surface area contributed by atoms with Crippen molar-refractivity contribution in [1.82, 2.24) is 0 Å². The van der Waals surface area contributed by atoms with Gasteiger partial charge in [0.2, 0.25) is 0 Å². The third kappa shape index (κ3) is 2.56. The minimum atomic E-state index is -0.648. The number of thiophene rings is 1. The van der Waals surface area contributed by atoms with Gasteiger partial charge in [-0.25, -0.2) is 0 Å². The monoisotopic (exact) mass is 263 g/mol. The quantitative estimate of drug-likeness (QED) is 0.871. The van der Waals surface area contributed by atoms with E-state index in [9.17, 15) is 5.11 Å². The molecular formula is C14H17NO2S. The summed E-state index contributed by atoms with van der Waals surface area (Å²) in [7, 11) is 1.61. The smallest absolute Gasteiger partial charge is 0.124 e. The van der Waals surface area contributed by atoms with E-state index in [2.05, 4.69) is 0 Å². The molecule has 1 heterocycles. The number of benzene rings is 1. The Morgan fingerprint density at radius 1 is 1.28 bits per heavy atom. The summed E-state index contributed by atoms with van der Waals surface area (Å²) in [4.78, 5) is 1.09. The van der Waals surface area contributed by atoms with Gasteiger partial charge in [0.25, 0.3) is 0 Å². The molecule has 3 N–H and O–H groups in total. The van der Waals surface area contributed by atoms with Gasteiger partial charge in [-0.1, -0.05) is 24.3 Å². The van der Waals surface area contributed by atoms with Gasteiger partial charge in [0, 0.05) is 22.9 Å². The van der Waals surface area contributed by atoms with E-state index < -0.39 is 6.10 Å². The lowest BCUT2D eigenvalue weighted by molar-refractivity contribution is 0.145. The summed E-state index contributed by atoms with van der Waals surface area (Å²) in [6.45, 7) is 0.403. The number of para-hydroxylation sites is 1. The van der Waals surface area contributed by atoms with Gasteiger partial charge in [-0.3, -0.25) is 0 Å². The van der Waals surface area contributed by atoms with Crippen LogP contribution in [-0.2, 0) is 0 Å². The molecule has 0 spiro atoms. The number of hydrogen-bond acceptors (Lipinski definition) is 4. The number of methoxy groups -OCH3 is 1. The zero-order valence-corrected chi connectivity index (χ0v) is 11.1. The maximum Gasteiger partial charge on any atom is 0.124 e. The van der Waals surface area contributed by atoms with E-state index in [0.29, 0.717) is 12.3 Å². The molecule has 0 amide bonds.